The number of aryl methyl sites for hydroxylation is 1. The van der Waals surface area contributed by atoms with Gasteiger partial charge in [-0.25, -0.2) is 9.82 Å². The van der Waals surface area contributed by atoms with E-state index in [0.717, 1.165) is 13.1 Å². The molecule has 1 amide bonds. The molecule has 196 valence electrons. The summed E-state index contributed by atoms with van der Waals surface area (Å²) >= 11 is 0. The number of pyridine rings is 1. The molecule has 0 radical (unpaired) electrons. The van der Waals surface area contributed by atoms with Crippen LogP contribution in [0.4, 0.5) is 10.1 Å². The van der Waals surface area contributed by atoms with Crippen LogP contribution in [0.5, 0.6) is 17.2 Å². The zero-order valence-corrected chi connectivity index (χ0v) is 21.3. The number of carbonyl (C=O) groups excluding carboxylic acids is 1. The Bertz CT molecular complexity index is 1370. The van der Waals surface area contributed by atoms with E-state index in [2.05, 4.69) is 15.8 Å². The third-order valence-electron chi connectivity index (χ3n) is 6.26. The summed E-state index contributed by atoms with van der Waals surface area (Å²) in [5, 5.41) is 7.36. The normalized spacial score (nSPS) is 13.7. The molecule has 37 heavy (non-hydrogen) atoms. The Morgan fingerprint density at radius 3 is 2.38 bits per heavy atom. The van der Waals surface area contributed by atoms with Gasteiger partial charge in [-0.2, -0.15) is 5.10 Å². The molecule has 1 aliphatic heterocycles. The van der Waals surface area contributed by atoms with Gasteiger partial charge in [-0.05, 0) is 31.2 Å². The second-order valence-corrected chi connectivity index (χ2v) is 8.37. The third kappa shape index (κ3) is 5.21. The monoisotopic (exact) mass is 511 g/mol. The van der Waals surface area contributed by atoms with Crippen molar-refractivity contribution in [3.05, 3.63) is 57.6 Å². The van der Waals surface area contributed by atoms with E-state index >= 15 is 4.39 Å². The van der Waals surface area contributed by atoms with E-state index < -0.39 is 17.2 Å². The molecule has 3 aromatic rings. The molecule has 0 saturated carbocycles. The zero-order chi connectivity index (χ0) is 26.5. The van der Waals surface area contributed by atoms with Crippen LogP contribution in [-0.4, -0.2) is 64.2 Å². The van der Waals surface area contributed by atoms with Gasteiger partial charge in [0.15, 0.2) is 11.5 Å². The minimum absolute atomic E-state index is 0.134. The van der Waals surface area contributed by atoms with E-state index in [1.165, 1.54) is 39.8 Å². The van der Waals surface area contributed by atoms with Gasteiger partial charge in [-0.15, -0.1) is 0 Å². The smallest absolute Gasteiger partial charge is 0.276 e. The summed E-state index contributed by atoms with van der Waals surface area (Å²) in [7, 11) is 4.49. The fraction of sp³-hybridized carbons (Fsp3) is 0.346. The molecule has 2 N–H and O–H groups in total. The van der Waals surface area contributed by atoms with Gasteiger partial charge in [-0.1, -0.05) is 0 Å². The molecule has 10 nitrogen and oxygen atoms in total. The van der Waals surface area contributed by atoms with Crippen LogP contribution in [0.1, 0.15) is 22.8 Å². The SMILES string of the molecule is CCn1cc(C(=O)N/N=C/c2cc(OC)c(OC)c(OC)c2)c(=O)c2cc(F)c(N3CCNCC3)cc21. The number of fused-ring (bicyclic) bond motifs is 1. The lowest BCUT2D eigenvalue weighted by Crippen LogP contribution is -2.43. The van der Waals surface area contributed by atoms with Crippen LogP contribution >= 0.6 is 0 Å². The highest BCUT2D eigenvalue weighted by molar-refractivity contribution is 5.98. The number of nitrogens with one attached hydrogen (secondary N) is 2. The standard InChI is InChI=1S/C26H30FN5O5/c1-5-31-15-18(24(33)17-12-19(27)21(13-20(17)31)32-8-6-28-7-9-32)26(34)30-29-14-16-10-22(35-2)25(37-4)23(11-16)36-3/h10-15,28H,5-9H2,1-4H3,(H,30,34)/b29-14+. The lowest BCUT2D eigenvalue weighted by Gasteiger charge is -2.30. The Morgan fingerprint density at radius 1 is 1.11 bits per heavy atom. The molecule has 0 atom stereocenters. The first-order valence-electron chi connectivity index (χ1n) is 11.9. The van der Waals surface area contributed by atoms with Gasteiger partial charge >= 0.3 is 0 Å². The number of halogens is 1. The van der Waals surface area contributed by atoms with Gasteiger partial charge in [0, 0.05) is 49.9 Å². The fourth-order valence-electron chi connectivity index (χ4n) is 4.37. The highest BCUT2D eigenvalue weighted by Crippen LogP contribution is 2.37. The summed E-state index contributed by atoms with van der Waals surface area (Å²) in [5.74, 6) is 0.0840. The third-order valence-corrected chi connectivity index (χ3v) is 6.26. The van der Waals surface area contributed by atoms with E-state index in [9.17, 15) is 9.59 Å². The van der Waals surface area contributed by atoms with Crippen molar-refractivity contribution in [1.82, 2.24) is 15.3 Å². The predicted octanol–water partition coefficient (Wildman–Crippen LogP) is 2.36. The predicted molar refractivity (Wildman–Crippen MR) is 140 cm³/mol. The maximum atomic E-state index is 15.1. The minimum Gasteiger partial charge on any atom is -0.493 e. The maximum absolute atomic E-state index is 15.1. The lowest BCUT2D eigenvalue weighted by molar-refractivity contribution is 0.0953. The van der Waals surface area contributed by atoms with Crippen molar-refractivity contribution >= 4 is 28.7 Å². The maximum Gasteiger partial charge on any atom is 0.276 e. The molecule has 4 rings (SSSR count). The average molecular weight is 512 g/mol. The molecule has 1 fully saturated rings. The van der Waals surface area contributed by atoms with E-state index in [-0.39, 0.29) is 10.9 Å². The number of anilines is 1. The number of rotatable bonds is 8. The summed E-state index contributed by atoms with van der Waals surface area (Å²) < 4.78 is 32.8. The molecule has 1 saturated heterocycles. The van der Waals surface area contributed by atoms with E-state index in [1.807, 2.05) is 11.8 Å². The first-order chi connectivity index (χ1) is 17.9. The van der Waals surface area contributed by atoms with Crippen LogP contribution in [0.25, 0.3) is 10.9 Å². The highest BCUT2D eigenvalue weighted by Gasteiger charge is 2.20. The number of ether oxygens (including phenoxy) is 3. The molecule has 1 aromatic heterocycles. The van der Waals surface area contributed by atoms with Crippen molar-refractivity contribution in [2.75, 3.05) is 52.4 Å². The van der Waals surface area contributed by atoms with Crippen LogP contribution in [0.2, 0.25) is 0 Å². The van der Waals surface area contributed by atoms with Gasteiger partial charge in [-0.3, -0.25) is 9.59 Å². The lowest BCUT2D eigenvalue weighted by atomic mass is 10.1. The van der Waals surface area contributed by atoms with Gasteiger partial charge in [0.05, 0.1) is 38.7 Å². The highest BCUT2D eigenvalue weighted by atomic mass is 19.1. The first-order valence-corrected chi connectivity index (χ1v) is 11.9. The Morgan fingerprint density at radius 2 is 1.78 bits per heavy atom. The first kappa shape index (κ1) is 26.0. The Labute approximate surface area is 213 Å². The van der Waals surface area contributed by atoms with Crippen molar-refractivity contribution in [3.63, 3.8) is 0 Å². The summed E-state index contributed by atoms with van der Waals surface area (Å²) in [6.45, 7) is 5.23. The summed E-state index contributed by atoms with van der Waals surface area (Å²) in [6.07, 6.45) is 2.87. The Kier molecular flexibility index (Phi) is 7.92. The van der Waals surface area contributed by atoms with E-state index in [4.69, 9.17) is 14.2 Å². The van der Waals surface area contributed by atoms with Gasteiger partial charge < -0.3 is 29.0 Å². The Balaban J connectivity index is 1.63. The van der Waals surface area contributed by atoms with Crippen LogP contribution < -0.4 is 35.3 Å². The molecule has 2 aromatic carbocycles. The molecule has 11 heteroatoms. The van der Waals surface area contributed by atoms with Crippen LogP contribution in [0, 0.1) is 5.82 Å². The fourth-order valence-corrected chi connectivity index (χ4v) is 4.37. The molecule has 2 heterocycles. The summed E-state index contributed by atoms with van der Waals surface area (Å²) in [6, 6.07) is 6.23. The van der Waals surface area contributed by atoms with Gasteiger partial charge in [0.2, 0.25) is 11.2 Å². The van der Waals surface area contributed by atoms with Gasteiger partial charge in [0.25, 0.3) is 5.91 Å². The van der Waals surface area contributed by atoms with E-state index in [1.54, 1.807) is 22.8 Å². The van der Waals surface area contributed by atoms with Crippen LogP contribution in [0.3, 0.4) is 0 Å². The van der Waals surface area contributed by atoms with Gasteiger partial charge in [0.1, 0.15) is 11.4 Å². The number of piperazine rings is 1. The summed E-state index contributed by atoms with van der Waals surface area (Å²) in [5.41, 5.74) is 3.27. The number of benzene rings is 2. The number of nitrogens with zero attached hydrogens (tertiary/aromatic N) is 3. The number of carbonyl (C=O) groups is 1. The number of hydrazone groups is 1. The largest absolute Gasteiger partial charge is 0.493 e. The van der Waals surface area contributed by atoms with Crippen molar-refractivity contribution in [1.29, 1.82) is 0 Å². The zero-order valence-electron chi connectivity index (χ0n) is 21.3. The number of aromatic nitrogens is 1. The molecular formula is C26H30FN5O5. The van der Waals surface area contributed by atoms with Crippen molar-refractivity contribution < 1.29 is 23.4 Å². The molecular weight excluding hydrogens is 481 g/mol. The van der Waals surface area contributed by atoms with Crippen molar-refractivity contribution in [2.24, 2.45) is 5.10 Å². The molecule has 0 aliphatic carbocycles. The summed E-state index contributed by atoms with van der Waals surface area (Å²) in [4.78, 5) is 28.0. The van der Waals surface area contributed by atoms with Crippen LogP contribution in [-0.2, 0) is 6.54 Å². The number of methoxy groups -OCH3 is 3. The molecule has 0 spiro atoms. The quantitative estimate of drug-likeness (QED) is 0.353. The topological polar surface area (TPSA) is 106 Å². The molecule has 1 aliphatic rings. The second kappa shape index (κ2) is 11.3. The molecule has 0 unspecified atom stereocenters. The Hall–Kier alpha value is -4.12. The second-order valence-electron chi connectivity index (χ2n) is 8.37. The van der Waals surface area contributed by atoms with Crippen molar-refractivity contribution in [2.45, 2.75) is 13.5 Å². The van der Waals surface area contributed by atoms with E-state index in [0.29, 0.717) is 53.7 Å². The number of amides is 1. The number of hydrogen-bond acceptors (Lipinski definition) is 8. The minimum atomic E-state index is -0.704. The average Bonchev–Trinajstić information content (AvgIpc) is 2.93. The molecule has 0 bridgehead atoms. The number of hydrogen-bond donors (Lipinski definition) is 2. The van der Waals surface area contributed by atoms with Crippen molar-refractivity contribution in [3.8, 4) is 17.2 Å². The van der Waals surface area contributed by atoms with Crippen LogP contribution in [0.15, 0.2) is 40.4 Å².